The molecule has 0 amide bonds. The summed E-state index contributed by atoms with van der Waals surface area (Å²) in [4.78, 5) is 53.6. The first-order valence-corrected chi connectivity index (χ1v) is 14.3. The number of carbonyl (C=O) groups excluding carboxylic acids is 2. The molecule has 246 valence electrons. The molecule has 13 nitrogen and oxygen atoms in total. The van der Waals surface area contributed by atoms with Gasteiger partial charge in [-0.05, 0) is 46.0 Å². The van der Waals surface area contributed by atoms with Crippen LogP contribution in [0.25, 0.3) is 0 Å². The third kappa shape index (κ3) is 18.7. The van der Waals surface area contributed by atoms with E-state index in [0.29, 0.717) is 20.3 Å². The number of carbonyl (C=O) groups is 5. The van der Waals surface area contributed by atoms with E-state index in [4.69, 9.17) is 30.6 Å². The van der Waals surface area contributed by atoms with Crippen LogP contribution in [0.1, 0.15) is 111 Å². The minimum Gasteiger partial charge on any atom is -0.481 e. The Bertz CT molecular complexity index is 739. The molecule has 0 aromatic carbocycles. The van der Waals surface area contributed by atoms with Gasteiger partial charge in [0.25, 0.3) is 11.2 Å². The van der Waals surface area contributed by atoms with Crippen molar-refractivity contribution < 1.29 is 64.8 Å². The monoisotopic (exact) mass is 608 g/mol. The predicted octanol–water partition coefficient (Wildman–Crippen LogP) is 2.24. The van der Waals surface area contributed by atoms with Crippen molar-refractivity contribution in [2.24, 2.45) is 0 Å². The van der Waals surface area contributed by atoms with Crippen LogP contribution in [0.15, 0.2) is 12.2 Å². The fraction of sp³-hybridized carbons (Fsp3) is 0.759. The number of ketones is 2. The molecule has 2 unspecified atom stereocenters. The molecule has 0 fully saturated rings. The van der Waals surface area contributed by atoms with Crippen LogP contribution < -0.4 is 0 Å². The van der Waals surface area contributed by atoms with Crippen LogP contribution in [-0.2, 0) is 24.0 Å². The minimum absolute atomic E-state index is 0.332. The minimum atomic E-state index is -3.72. The lowest BCUT2D eigenvalue weighted by Crippen LogP contribution is -2.70. The van der Waals surface area contributed by atoms with Crippen molar-refractivity contribution in [2.45, 2.75) is 128 Å². The van der Waals surface area contributed by atoms with E-state index >= 15 is 0 Å². The molecule has 13 heteroatoms. The average molecular weight is 609 g/mol. The van der Waals surface area contributed by atoms with Crippen LogP contribution in [0.5, 0.6) is 0 Å². The molecule has 0 saturated carbocycles. The highest BCUT2D eigenvalue weighted by Crippen LogP contribution is 2.26. The summed E-state index contributed by atoms with van der Waals surface area (Å²) in [7, 11) is 0. The maximum absolute atomic E-state index is 11.0. The second kappa shape index (κ2) is 26.0. The summed E-state index contributed by atoms with van der Waals surface area (Å²) in [6, 6.07) is 0. The van der Waals surface area contributed by atoms with E-state index in [1.807, 2.05) is 0 Å². The third-order valence-corrected chi connectivity index (χ3v) is 6.24. The molecule has 2 atom stereocenters. The zero-order valence-electron chi connectivity index (χ0n) is 25.2. The summed E-state index contributed by atoms with van der Waals surface area (Å²) in [5.41, 5.74) is -7.44. The molecule has 0 heterocycles. The standard InChI is InChI=1S/C18H34O2.C8H10O8.C3H8O3/c1-2-3-4-5-6-7-8-9-10-11-12-13-14-15-16-17-18(19)20;1-3(9)7(15,5(11)12)8(16,4(2)10)6(13)14;4-1-3(6)2-5/h9-10H,2-8,11-17H2,1H3,(H,19,20);15-16H,1-2H3,(H,11,12)(H,13,14);3-6H,1-2H2. The van der Waals surface area contributed by atoms with Crippen LogP contribution in [0.4, 0.5) is 0 Å². The molecule has 0 radical (unpaired) electrons. The molecule has 0 bridgehead atoms. The third-order valence-electron chi connectivity index (χ3n) is 6.24. The van der Waals surface area contributed by atoms with Crippen molar-refractivity contribution in [3.8, 4) is 0 Å². The fourth-order valence-corrected chi connectivity index (χ4v) is 3.52. The quantitative estimate of drug-likeness (QED) is 0.0499. The number of allylic oxidation sites excluding steroid dienone is 2. The van der Waals surface area contributed by atoms with Gasteiger partial charge in [0.2, 0.25) is 0 Å². The van der Waals surface area contributed by atoms with Gasteiger partial charge in [0, 0.05) is 6.42 Å². The Morgan fingerprint density at radius 1 is 0.619 bits per heavy atom. The van der Waals surface area contributed by atoms with E-state index in [1.165, 1.54) is 70.6 Å². The molecule has 0 aliphatic carbocycles. The largest absolute Gasteiger partial charge is 0.481 e. The Hall–Kier alpha value is -2.71. The molecule has 0 aliphatic heterocycles. The number of aliphatic hydroxyl groups is 5. The molecule has 0 aromatic rings. The summed E-state index contributed by atoms with van der Waals surface area (Å²) < 4.78 is 0. The first-order chi connectivity index (χ1) is 19.6. The highest BCUT2D eigenvalue weighted by molar-refractivity contribution is 6.20. The van der Waals surface area contributed by atoms with Gasteiger partial charge in [0.05, 0.1) is 13.2 Å². The molecule has 8 N–H and O–H groups in total. The number of aliphatic carboxylic acids is 3. The van der Waals surface area contributed by atoms with E-state index in [-0.39, 0.29) is 13.2 Å². The fourth-order valence-electron chi connectivity index (χ4n) is 3.52. The van der Waals surface area contributed by atoms with Crippen molar-refractivity contribution in [3.63, 3.8) is 0 Å². The zero-order chi connectivity index (χ0) is 33.2. The lowest BCUT2D eigenvalue weighted by molar-refractivity contribution is -0.206. The van der Waals surface area contributed by atoms with Crippen molar-refractivity contribution in [1.82, 2.24) is 0 Å². The second-order valence-electron chi connectivity index (χ2n) is 9.89. The predicted molar refractivity (Wildman–Crippen MR) is 154 cm³/mol. The summed E-state index contributed by atoms with van der Waals surface area (Å²) >= 11 is 0. The first-order valence-electron chi connectivity index (χ1n) is 14.3. The Morgan fingerprint density at radius 2 is 0.952 bits per heavy atom. The molecule has 0 aliphatic rings. The SMILES string of the molecule is CC(=O)C(O)(C(=O)O)C(O)(C(C)=O)C(=O)O.CCCCCCCCC=CCCCCCCCC(=O)O.OCC(O)CO. The molecular formula is C29H52O13. The Balaban J connectivity index is -0.000000616. The van der Waals surface area contributed by atoms with E-state index in [1.54, 1.807) is 0 Å². The van der Waals surface area contributed by atoms with Gasteiger partial charge in [-0.15, -0.1) is 0 Å². The number of Topliss-reactive ketones (excluding diaryl/α,β-unsaturated/α-hetero) is 2. The van der Waals surface area contributed by atoms with Crippen LogP contribution in [0.3, 0.4) is 0 Å². The summed E-state index contributed by atoms with van der Waals surface area (Å²) in [6.07, 6.45) is 20.3. The van der Waals surface area contributed by atoms with Crippen molar-refractivity contribution in [3.05, 3.63) is 12.2 Å². The number of rotatable bonds is 22. The van der Waals surface area contributed by atoms with E-state index in [2.05, 4.69) is 19.1 Å². The molecule has 0 spiro atoms. The zero-order valence-corrected chi connectivity index (χ0v) is 25.2. The lowest BCUT2D eigenvalue weighted by atomic mass is 9.77. The lowest BCUT2D eigenvalue weighted by Gasteiger charge is -2.32. The number of unbranched alkanes of at least 4 members (excludes halogenated alkanes) is 11. The van der Waals surface area contributed by atoms with Crippen molar-refractivity contribution >= 4 is 29.5 Å². The number of hydrogen-bond donors (Lipinski definition) is 8. The number of aliphatic hydroxyl groups excluding tert-OH is 3. The summed E-state index contributed by atoms with van der Waals surface area (Å²) in [6.45, 7) is 2.62. The van der Waals surface area contributed by atoms with E-state index in [9.17, 15) is 34.2 Å². The molecule has 0 saturated heterocycles. The van der Waals surface area contributed by atoms with Crippen LogP contribution in [-0.4, -0.2) is 101 Å². The molecule has 0 rings (SSSR count). The van der Waals surface area contributed by atoms with E-state index < -0.39 is 46.8 Å². The maximum atomic E-state index is 11.0. The van der Waals surface area contributed by atoms with Gasteiger partial charge >= 0.3 is 17.9 Å². The van der Waals surface area contributed by atoms with Gasteiger partial charge in [-0.2, -0.15) is 0 Å². The van der Waals surface area contributed by atoms with Gasteiger partial charge in [-0.1, -0.05) is 70.4 Å². The van der Waals surface area contributed by atoms with E-state index in [0.717, 1.165) is 12.8 Å². The number of carboxylic acids is 3. The van der Waals surface area contributed by atoms with Gasteiger partial charge in [0.1, 0.15) is 6.10 Å². The summed E-state index contributed by atoms with van der Waals surface area (Å²) in [5, 5.41) is 68.6. The molecular weight excluding hydrogens is 556 g/mol. The smallest absolute Gasteiger partial charge is 0.347 e. The first kappa shape index (κ1) is 43.7. The van der Waals surface area contributed by atoms with Gasteiger partial charge < -0.3 is 40.9 Å². The van der Waals surface area contributed by atoms with Crippen LogP contribution in [0, 0.1) is 0 Å². The summed E-state index contributed by atoms with van der Waals surface area (Å²) in [5.74, 6) is -8.44. The Labute approximate surface area is 247 Å². The topological polar surface area (TPSA) is 247 Å². The Kier molecular flexibility index (Phi) is 27.0. The highest BCUT2D eigenvalue weighted by Gasteiger charge is 2.67. The maximum Gasteiger partial charge on any atom is 0.347 e. The second-order valence-corrected chi connectivity index (χ2v) is 9.89. The molecule has 0 aromatic heterocycles. The van der Waals surface area contributed by atoms with Gasteiger partial charge in [-0.25, -0.2) is 9.59 Å². The van der Waals surface area contributed by atoms with Crippen molar-refractivity contribution in [2.75, 3.05) is 13.2 Å². The normalized spacial score (nSPS) is 13.6. The number of carboxylic acid groups (broad SMARTS) is 3. The van der Waals surface area contributed by atoms with Crippen LogP contribution >= 0.6 is 0 Å². The van der Waals surface area contributed by atoms with Crippen LogP contribution in [0.2, 0.25) is 0 Å². The average Bonchev–Trinajstić information content (AvgIpc) is 2.93. The van der Waals surface area contributed by atoms with Gasteiger partial charge in [-0.3, -0.25) is 14.4 Å². The molecule has 42 heavy (non-hydrogen) atoms. The van der Waals surface area contributed by atoms with Gasteiger partial charge in [0.15, 0.2) is 11.6 Å². The number of hydrogen-bond acceptors (Lipinski definition) is 10. The van der Waals surface area contributed by atoms with Crippen molar-refractivity contribution in [1.29, 1.82) is 0 Å². The highest BCUT2D eigenvalue weighted by atomic mass is 16.5. The Morgan fingerprint density at radius 3 is 1.21 bits per heavy atom.